The molecule has 0 radical (unpaired) electrons. The molecule has 0 unspecified atom stereocenters. The highest BCUT2D eigenvalue weighted by molar-refractivity contribution is 6.31. The first-order valence-electron chi connectivity index (χ1n) is 21.3. The molecule has 2 aliphatic carbocycles. The molecule has 10 heterocycles. The Morgan fingerprint density at radius 3 is 1.61 bits per heavy atom. The fourth-order valence-corrected chi connectivity index (χ4v) is 7.93. The van der Waals surface area contributed by atoms with Crippen LogP contribution in [0.15, 0.2) is 86.2 Å². The predicted molar refractivity (Wildman–Crippen MR) is 246 cm³/mol. The maximum Gasteiger partial charge on any atom is 0.358 e. The molecular weight excluding hydrogens is 983 g/mol. The minimum absolute atomic E-state index is 0. The molecular formula is C44H37Cl3F4N16O3. The molecule has 0 spiro atoms. The monoisotopic (exact) mass is 1020 g/mol. The number of pyridine rings is 4. The van der Waals surface area contributed by atoms with Crippen LogP contribution in [0.3, 0.4) is 0 Å². The molecule has 2 fully saturated rings. The van der Waals surface area contributed by atoms with Crippen LogP contribution in [-0.2, 0) is 26.2 Å². The lowest BCUT2D eigenvalue weighted by molar-refractivity contribution is 0.0690. The zero-order valence-electron chi connectivity index (χ0n) is 36.2. The molecule has 0 aromatic carbocycles. The zero-order chi connectivity index (χ0) is 48.1. The van der Waals surface area contributed by atoms with Gasteiger partial charge in [0.1, 0.15) is 33.7 Å². The molecule has 12 rings (SSSR count). The van der Waals surface area contributed by atoms with Crippen molar-refractivity contribution in [2.75, 3.05) is 0 Å². The van der Waals surface area contributed by atoms with Crippen molar-refractivity contribution in [1.82, 2.24) is 72.8 Å². The van der Waals surface area contributed by atoms with E-state index in [4.69, 9.17) is 34.0 Å². The SMILES string of the molecule is Cl.NCc1ncn2ccc(Cl)c(F)c12.O=C(NCc1ncn2ccc(Cl)c(F)c12)c1cn(Cc2nc3ccc(C4CC4)cn3c2F)nn1.O=C(O)c1cn(Cc2nc3ccc(C4CC4)cn3c2F)nn1. The predicted octanol–water partition coefficient (Wildman–Crippen LogP) is 7.06. The van der Waals surface area contributed by atoms with E-state index in [0.29, 0.717) is 40.0 Å². The molecule has 0 aliphatic heterocycles. The summed E-state index contributed by atoms with van der Waals surface area (Å²) in [7, 11) is 0. The van der Waals surface area contributed by atoms with Crippen LogP contribution in [0.4, 0.5) is 17.6 Å². The van der Waals surface area contributed by atoms with Crippen LogP contribution in [0.5, 0.6) is 0 Å². The normalized spacial score (nSPS) is 13.3. The second kappa shape index (κ2) is 19.5. The highest BCUT2D eigenvalue weighted by Crippen LogP contribution is 2.41. The lowest BCUT2D eigenvalue weighted by Gasteiger charge is -2.03. The number of carbonyl (C=O) groups excluding carboxylic acids is 1. The molecule has 70 heavy (non-hydrogen) atoms. The number of aromatic nitrogens is 14. The standard InChI is InChI=1S/C22H17ClF2N8O.C14H12FN5O2.C8H7ClFN3.ClH/c23-14-5-6-31-11-27-15(20(31)19(14)24)7-26-22(34)17-10-32(30-29-17)9-16-21(25)33-8-13(12-1-2-12)3-4-18(33)28-16;15-13-10(6-19-7-11(14(21)22)17-18-19)16-12-4-3-9(5-20(12)13)8-1-2-8;9-5-1-2-13-4-12-6(3-11)8(13)7(5)10;/h3-6,8,10-12H,1-2,7,9H2,(H,26,34);3-5,7-8H,1-2,6H2,(H,21,22);1-2,4H,3,11H2;1H. The Bertz CT molecular complexity index is 3600. The number of fused-ring (bicyclic) bond motifs is 4. The Labute approximate surface area is 407 Å². The minimum Gasteiger partial charge on any atom is -0.476 e. The number of hydrogen-bond donors (Lipinski definition) is 3. The first-order chi connectivity index (χ1) is 33.3. The second-order valence-corrected chi connectivity index (χ2v) is 17.1. The van der Waals surface area contributed by atoms with Crippen LogP contribution in [0, 0.1) is 23.5 Å². The molecule has 10 aromatic rings. The van der Waals surface area contributed by atoms with Crippen LogP contribution >= 0.6 is 35.6 Å². The average molecular weight is 1020 g/mol. The Kier molecular flexibility index (Phi) is 13.3. The van der Waals surface area contributed by atoms with Crippen molar-refractivity contribution < 1.29 is 32.3 Å². The second-order valence-electron chi connectivity index (χ2n) is 16.3. The van der Waals surface area contributed by atoms with E-state index in [-0.39, 0.29) is 76.9 Å². The van der Waals surface area contributed by atoms with Crippen molar-refractivity contribution in [1.29, 1.82) is 0 Å². The molecule has 26 heteroatoms. The molecule has 10 aromatic heterocycles. The number of carboxylic acid groups (broad SMARTS) is 1. The molecule has 4 N–H and O–H groups in total. The van der Waals surface area contributed by atoms with Crippen LogP contribution in [-0.4, -0.2) is 84.5 Å². The number of halogens is 7. The van der Waals surface area contributed by atoms with E-state index >= 15 is 0 Å². The number of nitrogens with one attached hydrogen (secondary N) is 1. The van der Waals surface area contributed by atoms with Gasteiger partial charge in [-0.3, -0.25) is 13.6 Å². The number of aromatic carboxylic acids is 1. The van der Waals surface area contributed by atoms with E-state index in [2.05, 4.69) is 45.9 Å². The van der Waals surface area contributed by atoms with Gasteiger partial charge in [-0.05, 0) is 72.9 Å². The molecule has 2 saturated carbocycles. The number of amides is 1. The van der Waals surface area contributed by atoms with Gasteiger partial charge in [-0.15, -0.1) is 22.6 Å². The molecule has 1 amide bonds. The van der Waals surface area contributed by atoms with Gasteiger partial charge >= 0.3 is 5.97 Å². The maximum atomic E-state index is 14.9. The molecule has 0 atom stereocenters. The van der Waals surface area contributed by atoms with Gasteiger partial charge < -0.3 is 25.0 Å². The summed E-state index contributed by atoms with van der Waals surface area (Å²) in [4.78, 5) is 40.0. The number of nitrogens with zero attached hydrogens (tertiary/aromatic N) is 14. The van der Waals surface area contributed by atoms with Crippen molar-refractivity contribution in [3.8, 4) is 0 Å². The summed E-state index contributed by atoms with van der Waals surface area (Å²) in [5.41, 5.74) is 10.3. The molecule has 0 saturated heterocycles. The van der Waals surface area contributed by atoms with Crippen molar-refractivity contribution >= 4 is 69.8 Å². The van der Waals surface area contributed by atoms with Gasteiger partial charge in [0.25, 0.3) is 5.91 Å². The van der Waals surface area contributed by atoms with E-state index in [0.717, 1.165) is 36.8 Å². The summed E-state index contributed by atoms with van der Waals surface area (Å²) in [6.07, 6.45) is 16.9. The summed E-state index contributed by atoms with van der Waals surface area (Å²) < 4.78 is 65.7. The zero-order valence-corrected chi connectivity index (χ0v) is 38.5. The number of rotatable bonds is 11. The van der Waals surface area contributed by atoms with Crippen LogP contribution in [0.2, 0.25) is 10.0 Å². The van der Waals surface area contributed by atoms with Gasteiger partial charge in [-0.1, -0.05) is 45.8 Å². The Hall–Kier alpha value is -7.47. The average Bonchev–Trinajstić information content (AvgIpc) is 4.03. The highest BCUT2D eigenvalue weighted by atomic mass is 35.5. The third-order valence-corrected chi connectivity index (χ3v) is 12.1. The largest absolute Gasteiger partial charge is 0.476 e. The molecule has 2 aliphatic rings. The van der Waals surface area contributed by atoms with Crippen LogP contribution < -0.4 is 11.1 Å². The van der Waals surface area contributed by atoms with Crippen molar-refractivity contribution in [3.63, 3.8) is 0 Å². The number of imidazole rings is 4. The highest BCUT2D eigenvalue weighted by Gasteiger charge is 2.26. The maximum absolute atomic E-state index is 14.9. The molecule has 19 nitrogen and oxygen atoms in total. The summed E-state index contributed by atoms with van der Waals surface area (Å²) >= 11 is 11.5. The van der Waals surface area contributed by atoms with E-state index in [1.165, 1.54) is 59.7 Å². The van der Waals surface area contributed by atoms with Crippen LogP contribution in [0.25, 0.3) is 22.3 Å². The van der Waals surface area contributed by atoms with Crippen molar-refractivity contribution in [2.24, 2.45) is 5.73 Å². The summed E-state index contributed by atoms with van der Waals surface area (Å²) in [5.74, 6) is -2.67. The third kappa shape index (κ3) is 9.59. The first-order valence-corrected chi connectivity index (χ1v) is 22.0. The smallest absolute Gasteiger partial charge is 0.358 e. The number of carbonyl (C=O) groups is 2. The lowest BCUT2D eigenvalue weighted by atomic mass is 10.2. The van der Waals surface area contributed by atoms with E-state index in [9.17, 15) is 27.2 Å². The van der Waals surface area contributed by atoms with Gasteiger partial charge in [0.2, 0.25) is 11.9 Å². The minimum atomic E-state index is -1.17. The molecule has 0 bridgehead atoms. The van der Waals surface area contributed by atoms with E-state index in [1.54, 1.807) is 41.3 Å². The first kappa shape index (κ1) is 47.6. The third-order valence-electron chi connectivity index (χ3n) is 11.5. The number of carboxylic acids is 1. The van der Waals surface area contributed by atoms with Crippen molar-refractivity contribution in [2.45, 2.75) is 63.7 Å². The Morgan fingerprint density at radius 2 is 1.14 bits per heavy atom. The quantitative estimate of drug-likeness (QED) is 0.111. The summed E-state index contributed by atoms with van der Waals surface area (Å²) in [6.45, 7) is 0.214. The lowest BCUT2D eigenvalue weighted by Crippen LogP contribution is -2.23. The van der Waals surface area contributed by atoms with Gasteiger partial charge in [0.15, 0.2) is 23.0 Å². The van der Waals surface area contributed by atoms with Gasteiger partial charge in [-0.2, -0.15) is 8.78 Å². The Morgan fingerprint density at radius 1 is 0.671 bits per heavy atom. The fraction of sp³-hybridized carbons (Fsp3) is 0.227. The fourth-order valence-electron chi connectivity index (χ4n) is 7.64. The van der Waals surface area contributed by atoms with E-state index < -0.39 is 35.4 Å². The number of hydrogen-bond acceptors (Lipinski definition) is 11. The van der Waals surface area contributed by atoms with Gasteiger partial charge in [-0.25, -0.2) is 42.9 Å². The summed E-state index contributed by atoms with van der Waals surface area (Å²) in [5, 5.41) is 26.4. The number of nitrogens with two attached hydrogens (primary N) is 1. The van der Waals surface area contributed by atoms with Gasteiger partial charge in [0.05, 0.1) is 66.1 Å². The van der Waals surface area contributed by atoms with E-state index in [1.807, 2.05) is 12.1 Å². The van der Waals surface area contributed by atoms with Gasteiger partial charge in [0, 0.05) is 31.3 Å². The topological polar surface area (TPSA) is 223 Å². The van der Waals surface area contributed by atoms with Crippen molar-refractivity contribution in [3.05, 3.63) is 165 Å². The van der Waals surface area contributed by atoms with Crippen LogP contribution in [0.1, 0.15) is 92.4 Å². The summed E-state index contributed by atoms with van der Waals surface area (Å²) in [6, 6.07) is 10.4. The molecule has 360 valence electrons. The Balaban J connectivity index is 0.000000144.